The molecule has 0 saturated carbocycles. The summed E-state index contributed by atoms with van der Waals surface area (Å²) in [6.45, 7) is 3.85. The fourth-order valence-electron chi connectivity index (χ4n) is 1.38. The van der Waals surface area contributed by atoms with Crippen LogP contribution in [0.4, 0.5) is 0 Å². The lowest BCUT2D eigenvalue weighted by Crippen LogP contribution is -2.35. The Morgan fingerprint density at radius 2 is 1.87 bits per heavy atom. The molecule has 0 saturated heterocycles. The zero-order chi connectivity index (χ0) is 11.3. The van der Waals surface area contributed by atoms with Crippen molar-refractivity contribution in [2.24, 2.45) is 0 Å². The minimum Gasteiger partial charge on any atom is -0.367 e. The lowest BCUT2D eigenvalue weighted by molar-refractivity contribution is -0.131. The van der Waals surface area contributed by atoms with Crippen molar-refractivity contribution >= 4 is 5.91 Å². The summed E-state index contributed by atoms with van der Waals surface area (Å²) in [5, 5.41) is 2.83. The van der Waals surface area contributed by atoms with Gasteiger partial charge < -0.3 is 10.1 Å². The maximum Gasteiger partial charge on any atom is 0.253 e. The van der Waals surface area contributed by atoms with E-state index in [0.717, 1.165) is 5.56 Å². The predicted molar refractivity (Wildman–Crippen MR) is 59.5 cm³/mol. The third kappa shape index (κ3) is 3.36. The van der Waals surface area contributed by atoms with Crippen molar-refractivity contribution in [1.82, 2.24) is 5.32 Å². The van der Waals surface area contributed by atoms with Crippen molar-refractivity contribution < 1.29 is 9.53 Å². The molecule has 1 aromatic carbocycles. The largest absolute Gasteiger partial charge is 0.367 e. The summed E-state index contributed by atoms with van der Waals surface area (Å²) >= 11 is 0. The SMILES string of the molecule is CO[C@@H](C(=O)NC(C)C)c1ccccc1. The van der Waals surface area contributed by atoms with Crippen LogP contribution in [-0.4, -0.2) is 19.1 Å². The Kier molecular flexibility index (Phi) is 4.31. The van der Waals surface area contributed by atoms with E-state index in [1.165, 1.54) is 7.11 Å². The maximum atomic E-state index is 11.7. The standard InChI is InChI=1S/C12H17NO2/c1-9(2)13-12(14)11(15-3)10-7-5-4-6-8-10/h4-9,11H,1-3H3,(H,13,14)/t11-/m1/s1. The number of amides is 1. The van der Waals surface area contributed by atoms with Crippen LogP contribution < -0.4 is 5.32 Å². The van der Waals surface area contributed by atoms with Crippen LogP contribution in [0.25, 0.3) is 0 Å². The molecule has 1 rings (SSSR count). The molecule has 1 aromatic rings. The van der Waals surface area contributed by atoms with Gasteiger partial charge in [-0.3, -0.25) is 4.79 Å². The van der Waals surface area contributed by atoms with Crippen LogP contribution in [0.2, 0.25) is 0 Å². The van der Waals surface area contributed by atoms with E-state index in [4.69, 9.17) is 4.74 Å². The summed E-state index contributed by atoms with van der Waals surface area (Å²) in [7, 11) is 1.54. The Labute approximate surface area is 90.4 Å². The minimum absolute atomic E-state index is 0.0984. The number of nitrogens with one attached hydrogen (secondary N) is 1. The topological polar surface area (TPSA) is 38.3 Å². The number of hydrogen-bond acceptors (Lipinski definition) is 2. The summed E-state index contributed by atoms with van der Waals surface area (Å²) in [5.41, 5.74) is 0.873. The third-order valence-corrected chi connectivity index (χ3v) is 2.01. The summed E-state index contributed by atoms with van der Waals surface area (Å²) in [4.78, 5) is 11.7. The zero-order valence-electron chi connectivity index (χ0n) is 9.36. The van der Waals surface area contributed by atoms with E-state index in [0.29, 0.717) is 0 Å². The Bertz CT molecular complexity index is 309. The highest BCUT2D eigenvalue weighted by molar-refractivity contribution is 5.82. The van der Waals surface area contributed by atoms with Gasteiger partial charge in [-0.2, -0.15) is 0 Å². The molecule has 3 heteroatoms. The van der Waals surface area contributed by atoms with Gasteiger partial charge >= 0.3 is 0 Å². The number of rotatable bonds is 4. The lowest BCUT2D eigenvalue weighted by Gasteiger charge is -2.17. The number of ether oxygens (including phenoxy) is 1. The molecule has 15 heavy (non-hydrogen) atoms. The molecule has 0 fully saturated rings. The van der Waals surface area contributed by atoms with Gasteiger partial charge in [0, 0.05) is 13.2 Å². The molecule has 3 nitrogen and oxygen atoms in total. The van der Waals surface area contributed by atoms with Gasteiger partial charge in [0.15, 0.2) is 6.10 Å². The molecule has 0 aliphatic heterocycles. The van der Waals surface area contributed by atoms with Crippen molar-refractivity contribution in [2.75, 3.05) is 7.11 Å². The van der Waals surface area contributed by atoms with Gasteiger partial charge in [-0.25, -0.2) is 0 Å². The van der Waals surface area contributed by atoms with Crippen molar-refractivity contribution in [1.29, 1.82) is 0 Å². The molecule has 0 heterocycles. The van der Waals surface area contributed by atoms with Gasteiger partial charge in [-0.05, 0) is 19.4 Å². The maximum absolute atomic E-state index is 11.7. The first-order valence-electron chi connectivity index (χ1n) is 5.03. The van der Waals surface area contributed by atoms with Gasteiger partial charge in [0.05, 0.1) is 0 Å². The van der Waals surface area contributed by atoms with E-state index >= 15 is 0 Å². The molecule has 1 amide bonds. The highest BCUT2D eigenvalue weighted by atomic mass is 16.5. The molecule has 1 N–H and O–H groups in total. The highest BCUT2D eigenvalue weighted by Gasteiger charge is 2.19. The Morgan fingerprint density at radius 3 is 2.33 bits per heavy atom. The molecule has 0 aliphatic carbocycles. The molecule has 82 valence electrons. The Balaban J connectivity index is 2.76. The van der Waals surface area contributed by atoms with Gasteiger partial charge in [-0.1, -0.05) is 30.3 Å². The monoisotopic (exact) mass is 207 g/mol. The van der Waals surface area contributed by atoms with E-state index < -0.39 is 6.10 Å². The Hall–Kier alpha value is -1.35. The molecular formula is C12H17NO2. The van der Waals surface area contributed by atoms with E-state index in [2.05, 4.69) is 5.32 Å². The van der Waals surface area contributed by atoms with Crippen LogP contribution in [0, 0.1) is 0 Å². The van der Waals surface area contributed by atoms with Crippen molar-refractivity contribution in [3.63, 3.8) is 0 Å². The average molecular weight is 207 g/mol. The number of benzene rings is 1. The van der Waals surface area contributed by atoms with Gasteiger partial charge in [-0.15, -0.1) is 0 Å². The number of methoxy groups -OCH3 is 1. The van der Waals surface area contributed by atoms with Crippen LogP contribution in [-0.2, 0) is 9.53 Å². The second kappa shape index (κ2) is 5.51. The van der Waals surface area contributed by atoms with Crippen LogP contribution in [0.3, 0.4) is 0 Å². The van der Waals surface area contributed by atoms with Crippen LogP contribution in [0.5, 0.6) is 0 Å². The molecule has 1 atom stereocenters. The first-order valence-corrected chi connectivity index (χ1v) is 5.03. The second-order valence-corrected chi connectivity index (χ2v) is 3.69. The highest BCUT2D eigenvalue weighted by Crippen LogP contribution is 2.16. The average Bonchev–Trinajstić information content (AvgIpc) is 2.19. The first kappa shape index (κ1) is 11.7. The summed E-state index contributed by atoms with van der Waals surface area (Å²) < 4.78 is 5.19. The number of hydrogen-bond donors (Lipinski definition) is 1. The molecule has 0 bridgehead atoms. The molecule has 0 aromatic heterocycles. The van der Waals surface area contributed by atoms with Crippen LogP contribution in [0.15, 0.2) is 30.3 Å². The number of carbonyl (C=O) groups is 1. The van der Waals surface area contributed by atoms with Gasteiger partial charge in [0.2, 0.25) is 0 Å². The quantitative estimate of drug-likeness (QED) is 0.819. The fourth-order valence-corrected chi connectivity index (χ4v) is 1.38. The van der Waals surface area contributed by atoms with Crippen LogP contribution in [0.1, 0.15) is 25.5 Å². The first-order chi connectivity index (χ1) is 7.15. The lowest BCUT2D eigenvalue weighted by atomic mass is 10.1. The number of carbonyl (C=O) groups excluding carboxylic acids is 1. The molecular weight excluding hydrogens is 190 g/mol. The normalized spacial score (nSPS) is 12.5. The van der Waals surface area contributed by atoms with Crippen molar-refractivity contribution in [2.45, 2.75) is 26.0 Å². The van der Waals surface area contributed by atoms with Gasteiger partial charge in [0.25, 0.3) is 5.91 Å². The summed E-state index contributed by atoms with van der Waals surface area (Å²) in [6.07, 6.45) is -0.520. The molecule has 0 aliphatic rings. The van der Waals surface area contributed by atoms with Gasteiger partial charge in [0.1, 0.15) is 0 Å². The smallest absolute Gasteiger partial charge is 0.253 e. The molecule has 0 unspecified atom stereocenters. The van der Waals surface area contributed by atoms with E-state index in [9.17, 15) is 4.79 Å². The van der Waals surface area contributed by atoms with E-state index in [1.807, 2.05) is 44.2 Å². The Morgan fingerprint density at radius 1 is 1.27 bits per heavy atom. The summed E-state index contributed by atoms with van der Waals surface area (Å²) in [6, 6.07) is 9.59. The van der Waals surface area contributed by atoms with Crippen LogP contribution >= 0.6 is 0 Å². The predicted octanol–water partition coefficient (Wildman–Crippen LogP) is 1.90. The molecule has 0 spiro atoms. The summed E-state index contributed by atoms with van der Waals surface area (Å²) in [5.74, 6) is -0.0984. The minimum atomic E-state index is -0.520. The fraction of sp³-hybridized carbons (Fsp3) is 0.417. The van der Waals surface area contributed by atoms with Crippen molar-refractivity contribution in [3.8, 4) is 0 Å². The van der Waals surface area contributed by atoms with E-state index in [-0.39, 0.29) is 11.9 Å². The third-order valence-electron chi connectivity index (χ3n) is 2.01. The second-order valence-electron chi connectivity index (χ2n) is 3.69. The molecule has 0 radical (unpaired) electrons. The van der Waals surface area contributed by atoms with E-state index in [1.54, 1.807) is 0 Å². The van der Waals surface area contributed by atoms with Crippen molar-refractivity contribution in [3.05, 3.63) is 35.9 Å². The zero-order valence-corrected chi connectivity index (χ0v) is 9.36.